The molecule has 0 saturated carbocycles. The summed E-state index contributed by atoms with van der Waals surface area (Å²) in [6.07, 6.45) is 1.32. The van der Waals surface area contributed by atoms with Crippen molar-refractivity contribution in [2.75, 3.05) is 5.32 Å². The first kappa shape index (κ1) is 11.2. The average molecular weight is 231 g/mol. The topological polar surface area (TPSA) is 54.9 Å². The van der Waals surface area contributed by atoms with E-state index in [-0.39, 0.29) is 11.6 Å². The van der Waals surface area contributed by atoms with Crippen LogP contribution in [0, 0.1) is 12.7 Å². The van der Waals surface area contributed by atoms with Gasteiger partial charge in [-0.05, 0) is 31.2 Å². The fourth-order valence-electron chi connectivity index (χ4n) is 1.34. The van der Waals surface area contributed by atoms with Gasteiger partial charge < -0.3 is 5.32 Å². The fourth-order valence-corrected chi connectivity index (χ4v) is 1.34. The number of carbonyl (C=O) groups excluding carboxylic acids is 1. The van der Waals surface area contributed by atoms with Gasteiger partial charge >= 0.3 is 0 Å². The monoisotopic (exact) mass is 231 g/mol. The molecule has 0 unspecified atom stereocenters. The Bertz CT molecular complexity index is 557. The van der Waals surface area contributed by atoms with Crippen molar-refractivity contribution in [3.05, 3.63) is 53.9 Å². The molecular weight excluding hydrogens is 221 g/mol. The summed E-state index contributed by atoms with van der Waals surface area (Å²) in [6, 6.07) is 7.25. The molecule has 0 aliphatic carbocycles. The second kappa shape index (κ2) is 4.69. The number of hydrogen-bond acceptors (Lipinski definition) is 3. The first-order valence-electron chi connectivity index (χ1n) is 5.01. The smallest absolute Gasteiger partial charge is 0.274 e. The molecular formula is C12H10FN3O. The van der Waals surface area contributed by atoms with E-state index in [4.69, 9.17) is 0 Å². The third-order valence-electron chi connectivity index (χ3n) is 2.12. The van der Waals surface area contributed by atoms with Crippen molar-refractivity contribution in [1.29, 1.82) is 0 Å². The van der Waals surface area contributed by atoms with E-state index in [0.29, 0.717) is 11.4 Å². The number of halogens is 1. The highest BCUT2D eigenvalue weighted by Gasteiger charge is 2.08. The summed E-state index contributed by atoms with van der Waals surface area (Å²) in [7, 11) is 0. The van der Waals surface area contributed by atoms with Gasteiger partial charge in [-0.15, -0.1) is 0 Å². The van der Waals surface area contributed by atoms with Crippen LogP contribution in [0.4, 0.5) is 10.1 Å². The van der Waals surface area contributed by atoms with Gasteiger partial charge in [0, 0.05) is 11.4 Å². The van der Waals surface area contributed by atoms with Crippen molar-refractivity contribution in [2.24, 2.45) is 0 Å². The molecule has 0 saturated heterocycles. The number of rotatable bonds is 2. The van der Waals surface area contributed by atoms with E-state index in [1.807, 2.05) is 0 Å². The molecule has 0 fully saturated rings. The van der Waals surface area contributed by atoms with Crippen LogP contribution in [0.2, 0.25) is 0 Å². The summed E-state index contributed by atoms with van der Waals surface area (Å²) in [5.74, 6) is -0.789. The molecule has 86 valence electrons. The number of anilines is 1. The third-order valence-corrected chi connectivity index (χ3v) is 2.12. The van der Waals surface area contributed by atoms with E-state index in [1.54, 1.807) is 19.1 Å². The maximum atomic E-state index is 12.9. The van der Waals surface area contributed by atoms with Gasteiger partial charge in [-0.1, -0.05) is 6.07 Å². The zero-order chi connectivity index (χ0) is 12.3. The Morgan fingerprint density at radius 2 is 2.12 bits per heavy atom. The maximum Gasteiger partial charge on any atom is 0.274 e. The number of carbonyl (C=O) groups is 1. The molecule has 0 bridgehead atoms. The number of benzene rings is 1. The third kappa shape index (κ3) is 2.84. The molecule has 1 N–H and O–H groups in total. The first-order valence-corrected chi connectivity index (χ1v) is 5.01. The molecule has 4 nitrogen and oxygen atoms in total. The Balaban J connectivity index is 2.17. The van der Waals surface area contributed by atoms with Gasteiger partial charge in [0.1, 0.15) is 17.8 Å². The standard InChI is InChI=1S/C12H10FN3O/c1-8-5-11(15-7-14-8)12(17)16-10-4-2-3-9(13)6-10/h2-7H,1H3,(H,16,17). The van der Waals surface area contributed by atoms with Crippen LogP contribution in [0.25, 0.3) is 0 Å². The summed E-state index contributed by atoms with van der Waals surface area (Å²) < 4.78 is 12.9. The van der Waals surface area contributed by atoms with Gasteiger partial charge in [-0.25, -0.2) is 14.4 Å². The van der Waals surface area contributed by atoms with Crippen LogP contribution in [0.3, 0.4) is 0 Å². The minimum atomic E-state index is -0.401. The Labute approximate surface area is 97.5 Å². The van der Waals surface area contributed by atoms with Crippen molar-refractivity contribution < 1.29 is 9.18 Å². The summed E-state index contributed by atoms with van der Waals surface area (Å²) >= 11 is 0. The zero-order valence-corrected chi connectivity index (χ0v) is 9.14. The van der Waals surface area contributed by atoms with E-state index >= 15 is 0 Å². The van der Waals surface area contributed by atoms with E-state index in [0.717, 1.165) is 0 Å². The lowest BCUT2D eigenvalue weighted by atomic mass is 10.3. The summed E-state index contributed by atoms with van der Waals surface area (Å²) in [4.78, 5) is 19.5. The molecule has 0 aliphatic heterocycles. The van der Waals surface area contributed by atoms with Crippen LogP contribution in [0.1, 0.15) is 16.2 Å². The Morgan fingerprint density at radius 1 is 1.29 bits per heavy atom. The molecule has 5 heteroatoms. The van der Waals surface area contributed by atoms with Crippen molar-refractivity contribution >= 4 is 11.6 Å². The number of nitrogens with one attached hydrogen (secondary N) is 1. The molecule has 2 aromatic rings. The second-order valence-corrected chi connectivity index (χ2v) is 3.51. The molecule has 17 heavy (non-hydrogen) atoms. The molecule has 1 amide bonds. The lowest BCUT2D eigenvalue weighted by Crippen LogP contribution is -2.14. The highest BCUT2D eigenvalue weighted by atomic mass is 19.1. The molecule has 0 atom stereocenters. The normalized spacial score (nSPS) is 10.0. The lowest BCUT2D eigenvalue weighted by molar-refractivity contribution is 0.102. The van der Waals surface area contributed by atoms with Gasteiger partial charge in [0.25, 0.3) is 5.91 Å². The summed E-state index contributed by atoms with van der Waals surface area (Å²) in [5, 5.41) is 2.56. The van der Waals surface area contributed by atoms with Crippen LogP contribution in [-0.2, 0) is 0 Å². The first-order chi connectivity index (χ1) is 8.15. The highest BCUT2D eigenvalue weighted by Crippen LogP contribution is 2.10. The fraction of sp³-hybridized carbons (Fsp3) is 0.0833. The highest BCUT2D eigenvalue weighted by molar-refractivity contribution is 6.02. The average Bonchev–Trinajstić information content (AvgIpc) is 2.29. The van der Waals surface area contributed by atoms with Crippen LogP contribution in [0.15, 0.2) is 36.7 Å². The summed E-state index contributed by atoms with van der Waals surface area (Å²) in [5.41, 5.74) is 1.34. The number of nitrogens with zero attached hydrogens (tertiary/aromatic N) is 2. The molecule has 1 heterocycles. The van der Waals surface area contributed by atoms with Crippen molar-refractivity contribution in [3.63, 3.8) is 0 Å². The number of aryl methyl sites for hydroxylation is 1. The Morgan fingerprint density at radius 3 is 2.82 bits per heavy atom. The predicted octanol–water partition coefficient (Wildman–Crippen LogP) is 2.18. The predicted molar refractivity (Wildman–Crippen MR) is 61.1 cm³/mol. The molecule has 1 aromatic heterocycles. The largest absolute Gasteiger partial charge is 0.321 e. The van der Waals surface area contributed by atoms with E-state index in [2.05, 4.69) is 15.3 Å². The maximum absolute atomic E-state index is 12.9. The van der Waals surface area contributed by atoms with Gasteiger partial charge in [0.2, 0.25) is 0 Å². The van der Waals surface area contributed by atoms with Crippen molar-refractivity contribution in [3.8, 4) is 0 Å². The van der Waals surface area contributed by atoms with Crippen molar-refractivity contribution in [2.45, 2.75) is 6.92 Å². The van der Waals surface area contributed by atoms with Crippen LogP contribution in [-0.4, -0.2) is 15.9 Å². The van der Waals surface area contributed by atoms with Gasteiger partial charge in [-0.2, -0.15) is 0 Å². The van der Waals surface area contributed by atoms with Crippen molar-refractivity contribution in [1.82, 2.24) is 9.97 Å². The lowest BCUT2D eigenvalue weighted by Gasteiger charge is -2.04. The minimum Gasteiger partial charge on any atom is -0.321 e. The zero-order valence-electron chi connectivity index (χ0n) is 9.14. The Kier molecular flexibility index (Phi) is 3.09. The van der Waals surface area contributed by atoms with Crippen LogP contribution >= 0.6 is 0 Å². The number of hydrogen-bond donors (Lipinski definition) is 1. The number of aromatic nitrogens is 2. The van der Waals surface area contributed by atoms with E-state index < -0.39 is 5.82 Å². The van der Waals surface area contributed by atoms with Gasteiger partial charge in [0.15, 0.2) is 0 Å². The second-order valence-electron chi connectivity index (χ2n) is 3.51. The van der Waals surface area contributed by atoms with E-state index in [9.17, 15) is 9.18 Å². The molecule has 0 radical (unpaired) electrons. The van der Waals surface area contributed by atoms with Crippen LogP contribution < -0.4 is 5.32 Å². The quantitative estimate of drug-likeness (QED) is 0.861. The molecule has 1 aromatic carbocycles. The SMILES string of the molecule is Cc1cc(C(=O)Nc2cccc(F)c2)ncn1. The minimum absolute atomic E-state index is 0.252. The van der Waals surface area contributed by atoms with Crippen LogP contribution in [0.5, 0.6) is 0 Å². The van der Waals surface area contributed by atoms with Gasteiger partial charge in [0.05, 0.1) is 0 Å². The number of amides is 1. The molecule has 0 spiro atoms. The van der Waals surface area contributed by atoms with Gasteiger partial charge in [-0.3, -0.25) is 4.79 Å². The summed E-state index contributed by atoms with van der Waals surface area (Å²) in [6.45, 7) is 1.76. The Hall–Kier alpha value is -2.30. The molecule has 2 rings (SSSR count). The molecule has 0 aliphatic rings. The van der Waals surface area contributed by atoms with E-state index in [1.165, 1.54) is 24.5 Å².